The van der Waals surface area contributed by atoms with E-state index < -0.39 is 0 Å². The summed E-state index contributed by atoms with van der Waals surface area (Å²) in [6, 6.07) is 6.63. The molecule has 1 aromatic rings. The van der Waals surface area contributed by atoms with Gasteiger partial charge in [0.05, 0.1) is 5.69 Å². The first kappa shape index (κ1) is 11.0. The number of hydrogen-bond donors (Lipinski definition) is 1. The molecule has 2 aliphatic rings. The predicted octanol–water partition coefficient (Wildman–Crippen LogP) is 3.18. The fraction of sp³-hybridized carbons (Fsp3) is 0.462. The Hall–Kier alpha value is -1.16. The van der Waals surface area contributed by atoms with Crippen LogP contribution in [0.15, 0.2) is 28.1 Å². The van der Waals surface area contributed by atoms with Gasteiger partial charge in [0.15, 0.2) is 5.17 Å². The average molecular weight is 247 g/mol. The molecule has 3 nitrogen and oxygen atoms in total. The van der Waals surface area contributed by atoms with Gasteiger partial charge in [-0.3, -0.25) is 4.99 Å². The average Bonchev–Trinajstić information content (AvgIpc) is 2.74. The summed E-state index contributed by atoms with van der Waals surface area (Å²) in [4.78, 5) is 8.27. The Morgan fingerprint density at radius 2 is 2.41 bits per heavy atom. The van der Waals surface area contributed by atoms with E-state index in [2.05, 4.69) is 40.3 Å². The lowest BCUT2D eigenvalue weighted by atomic mass is 10.2. The lowest BCUT2D eigenvalue weighted by Gasteiger charge is -2.22. The molecular weight excluding hydrogens is 230 g/mol. The van der Waals surface area contributed by atoms with Crippen LogP contribution in [-0.4, -0.2) is 24.8 Å². The van der Waals surface area contributed by atoms with Gasteiger partial charge in [0, 0.05) is 30.2 Å². The zero-order valence-corrected chi connectivity index (χ0v) is 10.9. The number of hydrogen-bond acceptors (Lipinski definition) is 4. The van der Waals surface area contributed by atoms with E-state index in [-0.39, 0.29) is 0 Å². The van der Waals surface area contributed by atoms with Gasteiger partial charge in [-0.05, 0) is 42.8 Å². The van der Waals surface area contributed by atoms with Crippen molar-refractivity contribution in [3.05, 3.63) is 18.2 Å². The Balaban J connectivity index is 1.89. The van der Waals surface area contributed by atoms with Crippen LogP contribution in [0.3, 0.4) is 0 Å². The summed E-state index contributed by atoms with van der Waals surface area (Å²) >= 11 is 1.80. The highest BCUT2D eigenvalue weighted by Crippen LogP contribution is 2.42. The summed E-state index contributed by atoms with van der Waals surface area (Å²) < 4.78 is 0. The molecule has 0 fully saturated rings. The molecule has 0 aromatic heterocycles. The van der Waals surface area contributed by atoms with E-state index in [4.69, 9.17) is 0 Å². The Bertz CT molecular complexity index is 456. The topological polar surface area (TPSA) is 27.6 Å². The summed E-state index contributed by atoms with van der Waals surface area (Å²) in [5, 5.41) is 4.62. The molecule has 0 aliphatic carbocycles. The third kappa shape index (κ3) is 2.02. The molecule has 0 amide bonds. The lowest BCUT2D eigenvalue weighted by molar-refractivity contribution is 0.798. The SMILES string of the molecule is CCCNc1ccc2c(c1)N1CCCN=C1S2. The number of benzene rings is 1. The minimum Gasteiger partial charge on any atom is -0.385 e. The number of thioether (sulfide) groups is 1. The highest BCUT2D eigenvalue weighted by atomic mass is 32.2. The third-order valence-corrected chi connectivity index (χ3v) is 4.15. The van der Waals surface area contributed by atoms with Crippen molar-refractivity contribution >= 4 is 28.3 Å². The number of nitrogens with one attached hydrogen (secondary N) is 1. The Morgan fingerprint density at radius 3 is 3.29 bits per heavy atom. The van der Waals surface area contributed by atoms with Gasteiger partial charge in [-0.1, -0.05) is 6.92 Å². The van der Waals surface area contributed by atoms with E-state index in [0.29, 0.717) is 0 Å². The van der Waals surface area contributed by atoms with Gasteiger partial charge in [-0.2, -0.15) is 0 Å². The van der Waals surface area contributed by atoms with Crippen molar-refractivity contribution in [2.45, 2.75) is 24.7 Å². The molecule has 0 atom stereocenters. The van der Waals surface area contributed by atoms with Crippen molar-refractivity contribution in [2.75, 3.05) is 29.9 Å². The highest BCUT2D eigenvalue weighted by Gasteiger charge is 2.28. The second kappa shape index (κ2) is 4.61. The normalized spacial score (nSPS) is 17.5. The van der Waals surface area contributed by atoms with Gasteiger partial charge in [0.25, 0.3) is 0 Å². The van der Waals surface area contributed by atoms with Crippen LogP contribution in [0.25, 0.3) is 0 Å². The second-order valence-corrected chi connectivity index (χ2v) is 5.39. The van der Waals surface area contributed by atoms with Gasteiger partial charge in [-0.25, -0.2) is 0 Å². The molecule has 4 heteroatoms. The zero-order chi connectivity index (χ0) is 11.7. The van der Waals surface area contributed by atoms with E-state index in [1.807, 2.05) is 0 Å². The molecule has 1 N–H and O–H groups in total. The summed E-state index contributed by atoms with van der Waals surface area (Å²) in [5.41, 5.74) is 2.55. The first-order valence-electron chi connectivity index (χ1n) is 6.26. The minimum atomic E-state index is 0.980. The quantitative estimate of drug-likeness (QED) is 0.889. The molecule has 0 saturated heterocycles. The molecule has 90 valence electrons. The van der Waals surface area contributed by atoms with Crippen molar-refractivity contribution in [3.63, 3.8) is 0 Å². The van der Waals surface area contributed by atoms with Crippen molar-refractivity contribution in [3.8, 4) is 0 Å². The molecule has 1 aromatic carbocycles. The van der Waals surface area contributed by atoms with E-state index in [0.717, 1.165) is 32.5 Å². The standard InChI is InChI=1S/C13H17N3S/c1-2-6-14-10-4-5-12-11(9-10)16-8-3-7-15-13(16)17-12/h4-5,9,14H,2-3,6-8H2,1H3. The first-order valence-corrected chi connectivity index (χ1v) is 7.08. The molecule has 0 radical (unpaired) electrons. The molecule has 2 heterocycles. The van der Waals surface area contributed by atoms with Crippen LogP contribution >= 0.6 is 11.8 Å². The number of amidine groups is 1. The molecule has 0 saturated carbocycles. The maximum absolute atomic E-state index is 4.58. The van der Waals surface area contributed by atoms with E-state index in [1.54, 1.807) is 11.8 Å². The van der Waals surface area contributed by atoms with Crippen LogP contribution in [0.4, 0.5) is 11.4 Å². The van der Waals surface area contributed by atoms with Crippen LogP contribution in [0, 0.1) is 0 Å². The van der Waals surface area contributed by atoms with Crippen LogP contribution in [0.2, 0.25) is 0 Å². The van der Waals surface area contributed by atoms with Crippen LogP contribution in [-0.2, 0) is 0 Å². The maximum Gasteiger partial charge on any atom is 0.168 e. The fourth-order valence-electron chi connectivity index (χ4n) is 2.19. The minimum absolute atomic E-state index is 0.980. The monoisotopic (exact) mass is 247 g/mol. The van der Waals surface area contributed by atoms with Gasteiger partial charge in [0.2, 0.25) is 0 Å². The van der Waals surface area contributed by atoms with Gasteiger partial charge in [0.1, 0.15) is 0 Å². The van der Waals surface area contributed by atoms with Crippen molar-refractivity contribution in [2.24, 2.45) is 4.99 Å². The molecule has 3 rings (SSSR count). The van der Waals surface area contributed by atoms with Crippen LogP contribution in [0.1, 0.15) is 19.8 Å². The van der Waals surface area contributed by atoms with Crippen LogP contribution < -0.4 is 10.2 Å². The van der Waals surface area contributed by atoms with Gasteiger partial charge < -0.3 is 10.2 Å². The van der Waals surface area contributed by atoms with Gasteiger partial charge in [-0.15, -0.1) is 0 Å². The fourth-order valence-corrected chi connectivity index (χ4v) is 3.25. The Labute approximate surface area is 106 Å². The predicted molar refractivity (Wildman–Crippen MR) is 75.3 cm³/mol. The second-order valence-electron chi connectivity index (χ2n) is 4.38. The summed E-state index contributed by atoms with van der Waals surface area (Å²) in [7, 11) is 0. The van der Waals surface area contributed by atoms with E-state index >= 15 is 0 Å². The number of anilines is 2. The molecule has 17 heavy (non-hydrogen) atoms. The number of fused-ring (bicyclic) bond motifs is 3. The first-order chi connectivity index (χ1) is 8.38. The molecular formula is C13H17N3S. The third-order valence-electron chi connectivity index (χ3n) is 3.05. The summed E-state index contributed by atoms with van der Waals surface area (Å²) in [6.07, 6.45) is 2.32. The number of aliphatic imine (C=N–C) groups is 1. The van der Waals surface area contributed by atoms with Crippen LogP contribution in [0.5, 0.6) is 0 Å². The van der Waals surface area contributed by atoms with E-state index in [9.17, 15) is 0 Å². The summed E-state index contributed by atoms with van der Waals surface area (Å²) in [5.74, 6) is 0. The molecule has 2 aliphatic heterocycles. The molecule has 0 unspecified atom stereocenters. The largest absolute Gasteiger partial charge is 0.385 e. The Kier molecular flexibility index (Phi) is 2.97. The van der Waals surface area contributed by atoms with E-state index in [1.165, 1.54) is 21.4 Å². The molecule has 0 spiro atoms. The molecule has 0 bridgehead atoms. The van der Waals surface area contributed by atoms with Crippen molar-refractivity contribution in [1.29, 1.82) is 0 Å². The number of rotatable bonds is 3. The summed E-state index contributed by atoms with van der Waals surface area (Å²) in [6.45, 7) is 5.31. The smallest absolute Gasteiger partial charge is 0.168 e. The van der Waals surface area contributed by atoms with Crippen molar-refractivity contribution in [1.82, 2.24) is 0 Å². The van der Waals surface area contributed by atoms with Gasteiger partial charge >= 0.3 is 0 Å². The highest BCUT2D eigenvalue weighted by molar-refractivity contribution is 8.14. The lowest BCUT2D eigenvalue weighted by Crippen LogP contribution is -2.30. The number of nitrogens with zero attached hydrogens (tertiary/aromatic N) is 2. The van der Waals surface area contributed by atoms with Crippen molar-refractivity contribution < 1.29 is 0 Å². The Morgan fingerprint density at radius 1 is 1.47 bits per heavy atom. The maximum atomic E-state index is 4.58. The zero-order valence-electron chi connectivity index (χ0n) is 10.1.